The van der Waals surface area contributed by atoms with Crippen LogP contribution < -0.4 is 0 Å². The summed E-state index contributed by atoms with van der Waals surface area (Å²) in [5.41, 5.74) is 0. The fraction of sp³-hybridized carbons (Fsp3) is 0.961. The van der Waals surface area contributed by atoms with E-state index >= 15 is 0 Å². The first kappa shape index (κ1) is 80.4. The Bertz CT molecular complexity index is 1240. The molecule has 0 aliphatic heterocycles. The highest BCUT2D eigenvalue weighted by atomic mass is 16.6. The molecule has 0 rings (SSSR count). The van der Waals surface area contributed by atoms with E-state index in [4.69, 9.17) is 14.2 Å². The first-order valence-corrected chi connectivity index (χ1v) is 38.0. The molecule has 6 heteroatoms. The first-order chi connectivity index (χ1) is 40.5. The van der Waals surface area contributed by atoms with Crippen molar-refractivity contribution >= 4 is 17.9 Å². The van der Waals surface area contributed by atoms with Gasteiger partial charge in [0, 0.05) is 19.3 Å². The monoisotopic (exact) mass is 1160 g/mol. The molecule has 1 unspecified atom stereocenters. The van der Waals surface area contributed by atoms with Crippen molar-refractivity contribution in [1.82, 2.24) is 0 Å². The van der Waals surface area contributed by atoms with Crippen LogP contribution >= 0.6 is 0 Å². The minimum absolute atomic E-state index is 0.0599. The summed E-state index contributed by atoms with van der Waals surface area (Å²) in [5.74, 6) is -0.815. The number of carbonyl (C=O) groups is 3. The third kappa shape index (κ3) is 69.2. The van der Waals surface area contributed by atoms with Crippen LogP contribution in [0.15, 0.2) is 0 Å². The number of carbonyl (C=O) groups excluding carboxylic acids is 3. The van der Waals surface area contributed by atoms with Gasteiger partial charge in [0.05, 0.1) is 0 Å². The molecule has 0 radical (unpaired) electrons. The minimum Gasteiger partial charge on any atom is -0.462 e. The molecule has 0 spiro atoms. The standard InChI is InChI=1S/C76H148O6/c1-4-7-10-13-16-19-22-25-28-30-32-34-35-36-37-38-39-40-42-43-45-48-51-54-57-60-63-66-69-75(78)81-72-73(71-80-74(77)68-65-62-59-56-53-50-47-27-24-21-18-15-12-9-6-3)82-76(79)70-67-64-61-58-55-52-49-46-44-41-33-31-29-26-23-20-17-14-11-8-5-2/h73H,4-72H2,1-3H3. The van der Waals surface area contributed by atoms with Gasteiger partial charge >= 0.3 is 17.9 Å². The van der Waals surface area contributed by atoms with E-state index in [0.29, 0.717) is 19.3 Å². The van der Waals surface area contributed by atoms with Crippen molar-refractivity contribution in [3.05, 3.63) is 0 Å². The normalized spacial score (nSPS) is 11.9. The quantitative estimate of drug-likeness (QED) is 0.0343. The topological polar surface area (TPSA) is 78.9 Å². The van der Waals surface area contributed by atoms with E-state index in [0.717, 1.165) is 57.8 Å². The summed E-state index contributed by atoms with van der Waals surface area (Å²) in [6.45, 7) is 6.76. The van der Waals surface area contributed by atoms with Crippen molar-refractivity contribution in [3.8, 4) is 0 Å². The lowest BCUT2D eigenvalue weighted by Crippen LogP contribution is -2.30. The molecule has 0 heterocycles. The Kier molecular flexibility index (Phi) is 70.5. The first-order valence-electron chi connectivity index (χ1n) is 38.0. The van der Waals surface area contributed by atoms with Gasteiger partial charge in [-0.1, -0.05) is 412 Å². The predicted molar refractivity (Wildman–Crippen MR) is 358 cm³/mol. The number of esters is 3. The maximum atomic E-state index is 13.0. The molecule has 0 amide bonds. The smallest absolute Gasteiger partial charge is 0.306 e. The van der Waals surface area contributed by atoms with Crippen LogP contribution in [0.1, 0.15) is 451 Å². The number of ether oxygens (including phenoxy) is 3. The lowest BCUT2D eigenvalue weighted by Gasteiger charge is -2.18. The third-order valence-corrected chi connectivity index (χ3v) is 17.9. The summed E-state index contributed by atoms with van der Waals surface area (Å²) in [6, 6.07) is 0. The predicted octanol–water partition coefficient (Wildman–Crippen LogP) is 26.2. The van der Waals surface area contributed by atoms with E-state index in [1.165, 1.54) is 353 Å². The number of unbranched alkanes of at least 4 members (excludes halogenated alkanes) is 61. The van der Waals surface area contributed by atoms with Crippen LogP contribution in [0.4, 0.5) is 0 Å². The van der Waals surface area contributed by atoms with Crippen molar-refractivity contribution in [2.45, 2.75) is 457 Å². The molecule has 0 aromatic rings. The molecule has 0 fully saturated rings. The Morgan fingerprint density at radius 1 is 0.195 bits per heavy atom. The fourth-order valence-electron chi connectivity index (χ4n) is 12.2. The molecule has 0 saturated carbocycles. The second kappa shape index (κ2) is 71.9. The maximum absolute atomic E-state index is 13.0. The van der Waals surface area contributed by atoms with E-state index in [1.807, 2.05) is 0 Å². The average molecular weight is 1160 g/mol. The van der Waals surface area contributed by atoms with Gasteiger partial charge in [0.25, 0.3) is 0 Å². The zero-order chi connectivity index (χ0) is 59.2. The van der Waals surface area contributed by atoms with Gasteiger partial charge < -0.3 is 14.2 Å². The van der Waals surface area contributed by atoms with Crippen LogP contribution in [0, 0.1) is 0 Å². The summed E-state index contributed by atoms with van der Waals surface area (Å²) in [7, 11) is 0. The molecule has 488 valence electrons. The Hall–Kier alpha value is -1.59. The Morgan fingerprint density at radius 3 is 0.488 bits per heavy atom. The molecule has 6 nitrogen and oxygen atoms in total. The van der Waals surface area contributed by atoms with Crippen LogP contribution in [0.3, 0.4) is 0 Å². The lowest BCUT2D eigenvalue weighted by atomic mass is 10.0. The van der Waals surface area contributed by atoms with Gasteiger partial charge in [0.2, 0.25) is 0 Å². The van der Waals surface area contributed by atoms with Gasteiger partial charge in [-0.25, -0.2) is 0 Å². The van der Waals surface area contributed by atoms with Gasteiger partial charge in [0.15, 0.2) is 6.10 Å². The highest BCUT2D eigenvalue weighted by molar-refractivity contribution is 5.71. The summed E-state index contributed by atoms with van der Waals surface area (Å²) in [4.78, 5) is 38.5. The maximum Gasteiger partial charge on any atom is 0.306 e. The highest BCUT2D eigenvalue weighted by Crippen LogP contribution is 2.20. The summed E-state index contributed by atoms with van der Waals surface area (Å²) in [6.07, 6.45) is 85.8. The van der Waals surface area contributed by atoms with E-state index < -0.39 is 6.10 Å². The van der Waals surface area contributed by atoms with E-state index in [2.05, 4.69) is 20.8 Å². The van der Waals surface area contributed by atoms with Gasteiger partial charge in [-0.05, 0) is 19.3 Å². The van der Waals surface area contributed by atoms with Crippen molar-refractivity contribution in [2.24, 2.45) is 0 Å². The van der Waals surface area contributed by atoms with Crippen LogP contribution in [-0.4, -0.2) is 37.2 Å². The summed E-state index contributed by atoms with van der Waals surface area (Å²) in [5, 5.41) is 0. The van der Waals surface area contributed by atoms with Crippen molar-refractivity contribution in [3.63, 3.8) is 0 Å². The van der Waals surface area contributed by atoms with Gasteiger partial charge in [-0.3, -0.25) is 14.4 Å². The zero-order valence-electron chi connectivity index (χ0n) is 56.3. The van der Waals surface area contributed by atoms with Crippen molar-refractivity contribution in [2.75, 3.05) is 13.2 Å². The van der Waals surface area contributed by atoms with Gasteiger partial charge in [-0.15, -0.1) is 0 Å². The SMILES string of the molecule is CCCCCCCCCCCCCCCCCCCCCCCCCCCCCCC(=O)OCC(COC(=O)CCCCCCCCCCCCCCCCC)OC(=O)CCCCCCCCCCCCCCCCCCCCCCC. The molecule has 0 aliphatic rings. The van der Waals surface area contributed by atoms with Gasteiger partial charge in [0.1, 0.15) is 13.2 Å². The van der Waals surface area contributed by atoms with Crippen LogP contribution in [0.25, 0.3) is 0 Å². The molecule has 0 aromatic carbocycles. The fourth-order valence-corrected chi connectivity index (χ4v) is 12.2. The van der Waals surface area contributed by atoms with Gasteiger partial charge in [-0.2, -0.15) is 0 Å². The number of hydrogen-bond donors (Lipinski definition) is 0. The Morgan fingerprint density at radius 2 is 0.329 bits per heavy atom. The third-order valence-electron chi connectivity index (χ3n) is 17.9. The number of hydrogen-bond acceptors (Lipinski definition) is 6. The second-order valence-electron chi connectivity index (χ2n) is 26.3. The molecule has 0 aromatic heterocycles. The van der Waals surface area contributed by atoms with E-state index in [1.54, 1.807) is 0 Å². The molecular weight excluding hydrogens is 1010 g/mol. The Labute approximate surface area is 514 Å². The van der Waals surface area contributed by atoms with Crippen molar-refractivity contribution in [1.29, 1.82) is 0 Å². The van der Waals surface area contributed by atoms with Crippen LogP contribution in [-0.2, 0) is 28.6 Å². The van der Waals surface area contributed by atoms with Crippen LogP contribution in [0.5, 0.6) is 0 Å². The molecule has 0 saturated heterocycles. The van der Waals surface area contributed by atoms with Crippen LogP contribution in [0.2, 0.25) is 0 Å². The molecule has 0 N–H and O–H groups in total. The zero-order valence-corrected chi connectivity index (χ0v) is 56.3. The molecule has 0 aliphatic carbocycles. The summed E-state index contributed by atoms with van der Waals surface area (Å²) >= 11 is 0. The highest BCUT2D eigenvalue weighted by Gasteiger charge is 2.20. The molecule has 0 bridgehead atoms. The largest absolute Gasteiger partial charge is 0.462 e. The minimum atomic E-state index is -0.764. The lowest BCUT2D eigenvalue weighted by molar-refractivity contribution is -0.167. The van der Waals surface area contributed by atoms with Crippen molar-refractivity contribution < 1.29 is 28.6 Å². The Balaban J connectivity index is 4.18. The summed E-state index contributed by atoms with van der Waals surface area (Å²) < 4.78 is 17.0. The van der Waals surface area contributed by atoms with E-state index in [-0.39, 0.29) is 31.1 Å². The molecule has 82 heavy (non-hydrogen) atoms. The second-order valence-corrected chi connectivity index (χ2v) is 26.3. The number of rotatable bonds is 72. The van der Waals surface area contributed by atoms with E-state index in [9.17, 15) is 14.4 Å². The molecule has 1 atom stereocenters. The average Bonchev–Trinajstić information content (AvgIpc) is 3.47. The molecular formula is C76H148O6.